The van der Waals surface area contributed by atoms with Crippen molar-refractivity contribution in [3.63, 3.8) is 0 Å². The van der Waals surface area contributed by atoms with E-state index in [1.165, 1.54) is 0 Å². The van der Waals surface area contributed by atoms with E-state index in [1.807, 2.05) is 24.3 Å². The van der Waals surface area contributed by atoms with Crippen LogP contribution in [0, 0.1) is 0 Å². The first kappa shape index (κ1) is 15.0. The summed E-state index contributed by atoms with van der Waals surface area (Å²) < 4.78 is 16.6. The Bertz CT molecular complexity index is 601. The fourth-order valence-corrected chi connectivity index (χ4v) is 2.77. The van der Waals surface area contributed by atoms with Gasteiger partial charge in [0.1, 0.15) is 5.75 Å². The maximum absolute atomic E-state index is 5.77. The van der Waals surface area contributed by atoms with Crippen LogP contribution >= 0.6 is 0 Å². The number of aromatic nitrogens is 2. The minimum Gasteiger partial charge on any atom is -0.497 e. The maximum Gasteiger partial charge on any atom is 0.247 e. The van der Waals surface area contributed by atoms with Gasteiger partial charge in [-0.25, -0.2) is 0 Å². The van der Waals surface area contributed by atoms with Gasteiger partial charge >= 0.3 is 0 Å². The number of morpholine rings is 1. The highest BCUT2D eigenvalue weighted by Crippen LogP contribution is 2.22. The van der Waals surface area contributed by atoms with E-state index in [2.05, 4.69) is 28.9 Å². The van der Waals surface area contributed by atoms with Crippen LogP contribution in [0.3, 0.4) is 0 Å². The second-order valence-electron chi connectivity index (χ2n) is 5.68. The average molecular weight is 303 g/mol. The summed E-state index contributed by atoms with van der Waals surface area (Å²) >= 11 is 0. The SMILES string of the molecule is COc1ccc(-c2nnc(CN3CC(C)OC(C)C3)o2)cc1. The Labute approximate surface area is 130 Å². The first-order valence-electron chi connectivity index (χ1n) is 7.48. The Kier molecular flexibility index (Phi) is 4.40. The molecule has 0 N–H and O–H groups in total. The molecule has 1 aliphatic heterocycles. The summed E-state index contributed by atoms with van der Waals surface area (Å²) in [7, 11) is 1.64. The topological polar surface area (TPSA) is 60.6 Å². The molecule has 1 aliphatic rings. The quantitative estimate of drug-likeness (QED) is 0.864. The molecule has 1 fully saturated rings. The second kappa shape index (κ2) is 6.46. The van der Waals surface area contributed by atoms with Crippen LogP contribution in [0.25, 0.3) is 11.5 Å². The largest absolute Gasteiger partial charge is 0.497 e. The van der Waals surface area contributed by atoms with E-state index in [0.29, 0.717) is 18.3 Å². The van der Waals surface area contributed by atoms with Crippen molar-refractivity contribution in [1.82, 2.24) is 15.1 Å². The highest BCUT2D eigenvalue weighted by molar-refractivity contribution is 5.53. The summed E-state index contributed by atoms with van der Waals surface area (Å²) in [6, 6.07) is 7.58. The van der Waals surface area contributed by atoms with E-state index in [0.717, 1.165) is 24.4 Å². The normalized spacial score (nSPS) is 22.7. The van der Waals surface area contributed by atoms with Gasteiger partial charge in [0, 0.05) is 18.7 Å². The molecule has 0 aliphatic carbocycles. The smallest absolute Gasteiger partial charge is 0.247 e. The highest BCUT2D eigenvalue weighted by atomic mass is 16.5. The van der Waals surface area contributed by atoms with Crippen molar-refractivity contribution in [3.8, 4) is 17.2 Å². The number of hydrogen-bond donors (Lipinski definition) is 0. The molecule has 118 valence electrons. The van der Waals surface area contributed by atoms with Gasteiger partial charge in [0.05, 0.1) is 25.9 Å². The summed E-state index contributed by atoms with van der Waals surface area (Å²) in [5.74, 6) is 1.97. The van der Waals surface area contributed by atoms with Crippen molar-refractivity contribution in [2.24, 2.45) is 0 Å². The lowest BCUT2D eigenvalue weighted by atomic mass is 10.2. The molecule has 0 radical (unpaired) electrons. The predicted octanol–water partition coefficient (Wildman–Crippen LogP) is 2.35. The molecule has 0 spiro atoms. The zero-order valence-electron chi connectivity index (χ0n) is 13.2. The highest BCUT2D eigenvalue weighted by Gasteiger charge is 2.23. The van der Waals surface area contributed by atoms with E-state index >= 15 is 0 Å². The van der Waals surface area contributed by atoms with E-state index in [4.69, 9.17) is 13.9 Å². The molecule has 0 bridgehead atoms. The molecule has 2 heterocycles. The molecule has 1 saturated heterocycles. The number of hydrogen-bond acceptors (Lipinski definition) is 6. The fraction of sp³-hybridized carbons (Fsp3) is 0.500. The van der Waals surface area contributed by atoms with Gasteiger partial charge in [0.25, 0.3) is 0 Å². The molecule has 2 unspecified atom stereocenters. The first-order chi connectivity index (χ1) is 10.6. The Morgan fingerprint density at radius 1 is 1.14 bits per heavy atom. The van der Waals surface area contributed by atoms with Crippen LogP contribution in [0.2, 0.25) is 0 Å². The van der Waals surface area contributed by atoms with Crippen LogP contribution in [0.4, 0.5) is 0 Å². The van der Waals surface area contributed by atoms with E-state index in [9.17, 15) is 0 Å². The predicted molar refractivity (Wildman–Crippen MR) is 81.6 cm³/mol. The Hall–Kier alpha value is -1.92. The minimum atomic E-state index is 0.229. The van der Waals surface area contributed by atoms with Crippen LogP contribution in [0.5, 0.6) is 5.75 Å². The van der Waals surface area contributed by atoms with E-state index in [-0.39, 0.29) is 12.2 Å². The molecule has 2 atom stereocenters. The first-order valence-corrected chi connectivity index (χ1v) is 7.48. The molecule has 0 saturated carbocycles. The summed E-state index contributed by atoms with van der Waals surface area (Å²) in [5.41, 5.74) is 0.892. The number of rotatable bonds is 4. The van der Waals surface area contributed by atoms with Crippen molar-refractivity contribution >= 4 is 0 Å². The zero-order valence-corrected chi connectivity index (χ0v) is 13.2. The summed E-state index contributed by atoms with van der Waals surface area (Å²) in [6.07, 6.45) is 0.459. The van der Waals surface area contributed by atoms with Gasteiger partial charge in [0.2, 0.25) is 11.8 Å². The standard InChI is InChI=1S/C16H21N3O3/c1-11-8-19(9-12(2)21-11)10-15-17-18-16(22-15)13-4-6-14(20-3)7-5-13/h4-7,11-12H,8-10H2,1-3H3. The number of nitrogens with zero attached hydrogens (tertiary/aromatic N) is 3. The summed E-state index contributed by atoms with van der Waals surface area (Å²) in [6.45, 7) is 6.58. The average Bonchev–Trinajstić information content (AvgIpc) is 2.95. The van der Waals surface area contributed by atoms with Crippen molar-refractivity contribution in [1.29, 1.82) is 0 Å². The van der Waals surface area contributed by atoms with Crippen molar-refractivity contribution < 1.29 is 13.9 Å². The maximum atomic E-state index is 5.77. The third-order valence-electron chi connectivity index (χ3n) is 3.66. The lowest BCUT2D eigenvalue weighted by molar-refractivity contribution is -0.0721. The van der Waals surface area contributed by atoms with Gasteiger partial charge in [0.15, 0.2) is 0 Å². The molecule has 1 aromatic heterocycles. The third-order valence-corrected chi connectivity index (χ3v) is 3.66. The number of benzene rings is 1. The van der Waals surface area contributed by atoms with Gasteiger partial charge in [-0.1, -0.05) is 0 Å². The zero-order chi connectivity index (χ0) is 15.5. The molecular weight excluding hydrogens is 282 g/mol. The van der Waals surface area contributed by atoms with E-state index in [1.54, 1.807) is 7.11 Å². The lowest BCUT2D eigenvalue weighted by Gasteiger charge is -2.34. The molecule has 6 nitrogen and oxygen atoms in total. The van der Waals surface area contributed by atoms with Crippen LogP contribution in [0.1, 0.15) is 19.7 Å². The van der Waals surface area contributed by atoms with Crippen molar-refractivity contribution in [2.75, 3.05) is 20.2 Å². The van der Waals surface area contributed by atoms with E-state index < -0.39 is 0 Å². The molecular formula is C16H21N3O3. The summed E-state index contributed by atoms with van der Waals surface area (Å²) in [4.78, 5) is 2.28. The molecule has 0 amide bonds. The van der Waals surface area contributed by atoms with Crippen molar-refractivity contribution in [2.45, 2.75) is 32.6 Å². The molecule has 1 aromatic carbocycles. The third kappa shape index (κ3) is 3.45. The van der Waals surface area contributed by atoms with Crippen LogP contribution in [0.15, 0.2) is 28.7 Å². The van der Waals surface area contributed by atoms with Gasteiger partial charge < -0.3 is 13.9 Å². The summed E-state index contributed by atoms with van der Waals surface area (Å²) in [5, 5.41) is 8.28. The van der Waals surface area contributed by atoms with Crippen LogP contribution in [-0.4, -0.2) is 47.5 Å². The number of methoxy groups -OCH3 is 1. The molecule has 22 heavy (non-hydrogen) atoms. The van der Waals surface area contributed by atoms with Crippen molar-refractivity contribution in [3.05, 3.63) is 30.2 Å². The Morgan fingerprint density at radius 3 is 2.45 bits per heavy atom. The van der Waals surface area contributed by atoms with Crippen LogP contribution < -0.4 is 4.74 Å². The van der Waals surface area contributed by atoms with Crippen LogP contribution in [-0.2, 0) is 11.3 Å². The molecule has 6 heteroatoms. The Balaban J connectivity index is 1.68. The fourth-order valence-electron chi connectivity index (χ4n) is 2.77. The minimum absolute atomic E-state index is 0.229. The van der Waals surface area contributed by atoms with Gasteiger partial charge in [-0.3, -0.25) is 4.90 Å². The molecule has 3 rings (SSSR count). The molecule has 2 aromatic rings. The lowest BCUT2D eigenvalue weighted by Crippen LogP contribution is -2.44. The second-order valence-corrected chi connectivity index (χ2v) is 5.68. The van der Waals surface area contributed by atoms with Gasteiger partial charge in [-0.2, -0.15) is 0 Å². The van der Waals surface area contributed by atoms with Gasteiger partial charge in [-0.05, 0) is 38.1 Å². The Morgan fingerprint density at radius 2 is 1.82 bits per heavy atom. The van der Waals surface area contributed by atoms with Gasteiger partial charge in [-0.15, -0.1) is 10.2 Å². The monoisotopic (exact) mass is 303 g/mol. The number of ether oxygens (including phenoxy) is 2.